The molecule has 0 saturated heterocycles. The molecule has 110 valence electrons. The predicted octanol–water partition coefficient (Wildman–Crippen LogP) is 3.83. The molecule has 0 spiro atoms. The molecule has 0 atom stereocenters. The first kappa shape index (κ1) is 14.8. The van der Waals surface area contributed by atoms with E-state index in [0.717, 1.165) is 12.1 Å². The van der Waals surface area contributed by atoms with Crippen LogP contribution in [0.1, 0.15) is 18.1 Å². The molecule has 2 rings (SSSR count). The number of nitrogens with one attached hydrogen (secondary N) is 1. The van der Waals surface area contributed by atoms with E-state index in [1.807, 2.05) is 26.0 Å². The minimum atomic E-state index is -0.441. The molecule has 1 aromatic heterocycles. The van der Waals surface area contributed by atoms with Gasteiger partial charge in [0.1, 0.15) is 5.82 Å². The van der Waals surface area contributed by atoms with Crippen LogP contribution in [0.2, 0.25) is 0 Å². The van der Waals surface area contributed by atoms with Gasteiger partial charge in [-0.3, -0.25) is 10.1 Å². The van der Waals surface area contributed by atoms with E-state index in [4.69, 9.17) is 4.74 Å². The van der Waals surface area contributed by atoms with Crippen LogP contribution in [0, 0.1) is 24.0 Å². The molecule has 6 heteroatoms. The van der Waals surface area contributed by atoms with E-state index in [9.17, 15) is 10.1 Å². The molecule has 1 heterocycles. The molecule has 0 fully saturated rings. The lowest BCUT2D eigenvalue weighted by Gasteiger charge is -2.10. The second-order valence-corrected chi connectivity index (χ2v) is 4.68. The fourth-order valence-corrected chi connectivity index (χ4v) is 2.06. The van der Waals surface area contributed by atoms with Crippen molar-refractivity contribution < 1.29 is 9.66 Å². The maximum absolute atomic E-state index is 11.2. The summed E-state index contributed by atoms with van der Waals surface area (Å²) >= 11 is 0. The summed E-state index contributed by atoms with van der Waals surface area (Å²) in [5.41, 5.74) is 1.47. The number of anilines is 1. The molecule has 0 saturated carbocycles. The summed E-state index contributed by atoms with van der Waals surface area (Å²) in [4.78, 5) is 15.0. The third-order valence-corrected chi connectivity index (χ3v) is 2.88. The van der Waals surface area contributed by atoms with Gasteiger partial charge in [0.2, 0.25) is 11.6 Å². The molecule has 0 aliphatic carbocycles. The smallest absolute Gasteiger partial charge is 0.312 e. The normalized spacial score (nSPS) is 10.2. The van der Waals surface area contributed by atoms with Gasteiger partial charge < -0.3 is 10.1 Å². The van der Waals surface area contributed by atoms with E-state index in [1.54, 1.807) is 19.1 Å². The third-order valence-electron chi connectivity index (χ3n) is 2.88. The van der Waals surface area contributed by atoms with Crippen molar-refractivity contribution in [3.8, 4) is 11.6 Å². The summed E-state index contributed by atoms with van der Waals surface area (Å²) in [6.07, 6.45) is 0. The number of rotatable bonds is 5. The summed E-state index contributed by atoms with van der Waals surface area (Å²) in [6, 6.07) is 8.61. The van der Waals surface area contributed by atoms with Gasteiger partial charge in [0, 0.05) is 18.7 Å². The van der Waals surface area contributed by atoms with E-state index >= 15 is 0 Å². The quantitative estimate of drug-likeness (QED) is 0.668. The summed E-state index contributed by atoms with van der Waals surface area (Å²) < 4.78 is 5.65. The first-order chi connectivity index (χ1) is 10.0. The lowest BCUT2D eigenvalue weighted by atomic mass is 10.1. The zero-order chi connectivity index (χ0) is 15.4. The summed E-state index contributed by atoms with van der Waals surface area (Å²) in [6.45, 7) is 6.29. The van der Waals surface area contributed by atoms with Crippen molar-refractivity contribution in [2.24, 2.45) is 0 Å². The van der Waals surface area contributed by atoms with Gasteiger partial charge in [-0.2, -0.15) is 4.98 Å². The minimum Gasteiger partial charge on any atom is -0.431 e. The lowest BCUT2D eigenvalue weighted by molar-refractivity contribution is -0.385. The van der Waals surface area contributed by atoms with Crippen LogP contribution in [-0.4, -0.2) is 16.5 Å². The van der Waals surface area contributed by atoms with Crippen molar-refractivity contribution in [3.63, 3.8) is 0 Å². The van der Waals surface area contributed by atoms with Gasteiger partial charge >= 0.3 is 5.69 Å². The van der Waals surface area contributed by atoms with Crippen LogP contribution in [0.5, 0.6) is 11.6 Å². The Balaban J connectivity index is 2.39. The molecular weight excluding hydrogens is 270 g/mol. The van der Waals surface area contributed by atoms with Crippen LogP contribution in [-0.2, 0) is 0 Å². The largest absolute Gasteiger partial charge is 0.431 e. The first-order valence-corrected chi connectivity index (χ1v) is 6.65. The highest BCUT2D eigenvalue weighted by Crippen LogP contribution is 2.35. The van der Waals surface area contributed by atoms with Crippen LogP contribution in [0.15, 0.2) is 30.3 Å². The molecule has 1 aromatic carbocycles. The second kappa shape index (κ2) is 6.21. The molecule has 1 N–H and O–H groups in total. The van der Waals surface area contributed by atoms with Crippen molar-refractivity contribution in [2.45, 2.75) is 20.8 Å². The zero-order valence-electron chi connectivity index (χ0n) is 12.2. The molecule has 0 aliphatic rings. The van der Waals surface area contributed by atoms with E-state index in [2.05, 4.69) is 10.3 Å². The monoisotopic (exact) mass is 287 g/mol. The average molecular weight is 287 g/mol. The average Bonchev–Trinajstić information content (AvgIpc) is 2.42. The fourth-order valence-electron chi connectivity index (χ4n) is 2.06. The van der Waals surface area contributed by atoms with E-state index < -0.39 is 4.92 Å². The fraction of sp³-hybridized carbons (Fsp3) is 0.267. The Kier molecular flexibility index (Phi) is 4.37. The molecule has 21 heavy (non-hydrogen) atoms. The minimum absolute atomic E-state index is 0.0526. The Morgan fingerprint density at radius 2 is 2.10 bits per heavy atom. The molecule has 0 bridgehead atoms. The van der Waals surface area contributed by atoms with Gasteiger partial charge in [-0.1, -0.05) is 12.1 Å². The molecule has 2 aromatic rings. The van der Waals surface area contributed by atoms with Crippen molar-refractivity contribution in [1.82, 2.24) is 4.98 Å². The van der Waals surface area contributed by atoms with Crippen LogP contribution in [0.3, 0.4) is 0 Å². The van der Waals surface area contributed by atoms with Crippen molar-refractivity contribution in [2.75, 3.05) is 11.9 Å². The predicted molar refractivity (Wildman–Crippen MR) is 81.0 cm³/mol. The number of benzene rings is 1. The van der Waals surface area contributed by atoms with Crippen molar-refractivity contribution in [3.05, 3.63) is 51.6 Å². The van der Waals surface area contributed by atoms with Crippen LogP contribution < -0.4 is 10.1 Å². The second-order valence-electron chi connectivity index (χ2n) is 4.68. The molecule has 0 unspecified atom stereocenters. The maximum Gasteiger partial charge on any atom is 0.312 e. The molecule has 0 radical (unpaired) electrons. The Morgan fingerprint density at radius 1 is 1.33 bits per heavy atom. The molecule has 0 amide bonds. The molecule has 6 nitrogen and oxygen atoms in total. The number of hydrogen-bond donors (Lipinski definition) is 1. The van der Waals surface area contributed by atoms with Crippen molar-refractivity contribution >= 4 is 11.5 Å². The highest BCUT2D eigenvalue weighted by molar-refractivity contribution is 5.55. The molecular formula is C15H17N3O3. The number of nitro benzene ring substituents is 1. The topological polar surface area (TPSA) is 77.3 Å². The van der Waals surface area contributed by atoms with Crippen LogP contribution in [0.4, 0.5) is 11.5 Å². The number of nitro groups is 1. The number of aryl methyl sites for hydroxylation is 2. The highest BCUT2D eigenvalue weighted by atomic mass is 16.6. The zero-order valence-corrected chi connectivity index (χ0v) is 12.2. The Hall–Kier alpha value is -2.63. The van der Waals surface area contributed by atoms with E-state index in [0.29, 0.717) is 17.3 Å². The number of ether oxygens (including phenoxy) is 1. The SMILES string of the molecule is CCNc1cccc(Oc2c(C)cc(C)cc2[N+](=O)[O-])n1. The van der Waals surface area contributed by atoms with E-state index in [1.165, 1.54) is 6.07 Å². The standard InChI is InChI=1S/C15H17N3O3/c1-4-16-13-6-5-7-14(17-13)21-15-11(3)8-10(2)9-12(15)18(19)20/h5-9H,4H2,1-3H3,(H,16,17). The number of pyridine rings is 1. The molecule has 0 aliphatic heterocycles. The van der Waals surface area contributed by atoms with Gasteiger partial charge in [-0.15, -0.1) is 0 Å². The van der Waals surface area contributed by atoms with Gasteiger partial charge in [0.25, 0.3) is 0 Å². The number of aromatic nitrogens is 1. The van der Waals surface area contributed by atoms with Gasteiger partial charge in [-0.05, 0) is 38.0 Å². The Morgan fingerprint density at radius 3 is 2.76 bits per heavy atom. The van der Waals surface area contributed by atoms with Gasteiger partial charge in [-0.25, -0.2) is 0 Å². The summed E-state index contributed by atoms with van der Waals surface area (Å²) in [5.74, 6) is 1.22. The van der Waals surface area contributed by atoms with Crippen LogP contribution >= 0.6 is 0 Å². The van der Waals surface area contributed by atoms with Crippen LogP contribution in [0.25, 0.3) is 0 Å². The Labute approximate surface area is 122 Å². The summed E-state index contributed by atoms with van der Waals surface area (Å²) in [5, 5.41) is 14.2. The lowest BCUT2D eigenvalue weighted by Crippen LogP contribution is -2.01. The third kappa shape index (κ3) is 3.47. The maximum atomic E-state index is 11.2. The van der Waals surface area contributed by atoms with Gasteiger partial charge in [0.15, 0.2) is 0 Å². The summed E-state index contributed by atoms with van der Waals surface area (Å²) in [7, 11) is 0. The Bertz CT molecular complexity index is 671. The first-order valence-electron chi connectivity index (χ1n) is 6.65. The highest BCUT2D eigenvalue weighted by Gasteiger charge is 2.19. The van der Waals surface area contributed by atoms with E-state index in [-0.39, 0.29) is 11.4 Å². The van der Waals surface area contributed by atoms with Crippen molar-refractivity contribution in [1.29, 1.82) is 0 Å². The number of hydrogen-bond acceptors (Lipinski definition) is 5. The number of nitrogens with zero attached hydrogens (tertiary/aromatic N) is 2. The van der Waals surface area contributed by atoms with Gasteiger partial charge in [0.05, 0.1) is 4.92 Å².